The lowest BCUT2D eigenvalue weighted by Crippen LogP contribution is -2.12. The molecule has 21 heavy (non-hydrogen) atoms. The Morgan fingerprint density at radius 3 is 2.24 bits per heavy atom. The minimum Gasteiger partial charge on any atom is -0.507 e. The van der Waals surface area contributed by atoms with Gasteiger partial charge in [-0.3, -0.25) is 4.79 Å². The van der Waals surface area contributed by atoms with Gasteiger partial charge in [0.1, 0.15) is 11.5 Å². The van der Waals surface area contributed by atoms with Crippen LogP contribution >= 0.6 is 12.4 Å². The number of hydrogen-bond donors (Lipinski definition) is 2. The second-order valence-electron chi connectivity index (χ2n) is 4.93. The predicted octanol–water partition coefficient (Wildman–Crippen LogP) is 2.81. The molecule has 0 radical (unpaired) electrons. The third-order valence-electron chi connectivity index (χ3n) is 2.96. The molecule has 0 aromatic heterocycles. The van der Waals surface area contributed by atoms with Gasteiger partial charge in [-0.15, -0.1) is 12.4 Å². The molecule has 0 aliphatic rings. The van der Waals surface area contributed by atoms with Gasteiger partial charge in [0, 0.05) is 23.7 Å². The smallest absolute Gasteiger partial charge is 0.196 e. The topological polar surface area (TPSA) is 60.8 Å². The van der Waals surface area contributed by atoms with Crippen molar-refractivity contribution in [2.75, 3.05) is 14.1 Å². The summed E-state index contributed by atoms with van der Waals surface area (Å²) in [7, 11) is 3.73. The summed E-state index contributed by atoms with van der Waals surface area (Å²) >= 11 is 0. The van der Waals surface area contributed by atoms with E-state index >= 15 is 0 Å². The van der Waals surface area contributed by atoms with E-state index in [2.05, 4.69) is 0 Å². The van der Waals surface area contributed by atoms with Crippen molar-refractivity contribution in [3.8, 4) is 11.5 Å². The molecule has 0 saturated carbocycles. The number of carbonyl (C=O) groups excluding carboxylic acids is 1. The fraction of sp³-hybridized carbons (Fsp3) is 0.188. The molecule has 112 valence electrons. The highest BCUT2D eigenvalue weighted by atomic mass is 35.5. The van der Waals surface area contributed by atoms with Gasteiger partial charge in [-0.05, 0) is 20.2 Å². The van der Waals surface area contributed by atoms with Gasteiger partial charge in [0.25, 0.3) is 0 Å². The second kappa shape index (κ2) is 7.11. The first-order chi connectivity index (χ1) is 9.49. The van der Waals surface area contributed by atoms with E-state index in [1.807, 2.05) is 25.1 Å². The lowest BCUT2D eigenvalue weighted by Gasteiger charge is -2.13. The molecule has 2 aromatic rings. The van der Waals surface area contributed by atoms with Crippen LogP contribution in [-0.2, 0) is 6.54 Å². The highest BCUT2D eigenvalue weighted by Crippen LogP contribution is 2.29. The maximum atomic E-state index is 12.4. The normalized spacial score (nSPS) is 10.2. The SMILES string of the molecule is CN(C)Cc1cc(C(=O)c2ccccc2)c(O)cc1O.Cl. The summed E-state index contributed by atoms with van der Waals surface area (Å²) in [6, 6.07) is 11.5. The van der Waals surface area contributed by atoms with Crippen molar-refractivity contribution < 1.29 is 15.0 Å². The molecule has 0 atom stereocenters. The maximum Gasteiger partial charge on any atom is 0.196 e. The Kier molecular flexibility index (Phi) is 5.76. The number of ketones is 1. The third-order valence-corrected chi connectivity index (χ3v) is 2.96. The van der Waals surface area contributed by atoms with E-state index in [4.69, 9.17) is 0 Å². The fourth-order valence-electron chi connectivity index (χ4n) is 2.02. The number of halogens is 1. The molecule has 0 bridgehead atoms. The van der Waals surface area contributed by atoms with Gasteiger partial charge in [0.05, 0.1) is 5.56 Å². The van der Waals surface area contributed by atoms with Gasteiger partial charge >= 0.3 is 0 Å². The third kappa shape index (κ3) is 3.97. The highest BCUT2D eigenvalue weighted by Gasteiger charge is 2.16. The van der Waals surface area contributed by atoms with Crippen molar-refractivity contribution in [2.24, 2.45) is 0 Å². The lowest BCUT2D eigenvalue weighted by atomic mass is 9.99. The van der Waals surface area contributed by atoms with Crippen LogP contribution in [0.25, 0.3) is 0 Å². The summed E-state index contributed by atoms with van der Waals surface area (Å²) in [4.78, 5) is 14.2. The van der Waals surface area contributed by atoms with Gasteiger partial charge in [-0.1, -0.05) is 30.3 Å². The van der Waals surface area contributed by atoms with Crippen LogP contribution < -0.4 is 0 Å². The summed E-state index contributed by atoms with van der Waals surface area (Å²) in [6.07, 6.45) is 0. The molecule has 0 aliphatic heterocycles. The lowest BCUT2D eigenvalue weighted by molar-refractivity contribution is 0.103. The first kappa shape index (κ1) is 17.0. The van der Waals surface area contributed by atoms with Crippen molar-refractivity contribution >= 4 is 18.2 Å². The van der Waals surface area contributed by atoms with Gasteiger partial charge in [-0.2, -0.15) is 0 Å². The van der Waals surface area contributed by atoms with Crippen LogP contribution in [0.1, 0.15) is 21.5 Å². The molecule has 2 rings (SSSR count). The molecule has 0 unspecified atom stereocenters. The summed E-state index contributed by atoms with van der Waals surface area (Å²) in [5, 5.41) is 19.7. The summed E-state index contributed by atoms with van der Waals surface area (Å²) < 4.78 is 0. The zero-order valence-corrected chi connectivity index (χ0v) is 12.7. The van der Waals surface area contributed by atoms with Crippen LogP contribution in [0.3, 0.4) is 0 Å². The Labute approximate surface area is 130 Å². The van der Waals surface area contributed by atoms with Crippen molar-refractivity contribution in [1.82, 2.24) is 4.90 Å². The van der Waals surface area contributed by atoms with Crippen LogP contribution in [0, 0.1) is 0 Å². The molecular weight excluding hydrogens is 290 g/mol. The quantitative estimate of drug-likeness (QED) is 0.853. The van der Waals surface area contributed by atoms with Crippen molar-refractivity contribution in [1.29, 1.82) is 0 Å². The minimum absolute atomic E-state index is 0. The molecule has 2 aromatic carbocycles. The Morgan fingerprint density at radius 2 is 1.67 bits per heavy atom. The van der Waals surface area contributed by atoms with E-state index in [0.717, 1.165) is 0 Å². The second-order valence-corrected chi connectivity index (χ2v) is 4.93. The molecule has 0 fully saturated rings. The first-order valence-electron chi connectivity index (χ1n) is 6.28. The summed E-state index contributed by atoms with van der Waals surface area (Å²) in [5.41, 5.74) is 1.31. The minimum atomic E-state index is -0.261. The molecular formula is C16H18ClNO3. The molecule has 0 amide bonds. The number of aromatic hydroxyl groups is 2. The summed E-state index contributed by atoms with van der Waals surface area (Å²) in [6.45, 7) is 0.487. The highest BCUT2D eigenvalue weighted by molar-refractivity contribution is 6.10. The van der Waals surface area contributed by atoms with Crippen LogP contribution in [-0.4, -0.2) is 35.0 Å². The average molecular weight is 308 g/mol. The predicted molar refractivity (Wildman–Crippen MR) is 84.3 cm³/mol. The van der Waals surface area contributed by atoms with Gasteiger partial charge in [0.2, 0.25) is 0 Å². The van der Waals surface area contributed by atoms with Crippen LogP contribution in [0.4, 0.5) is 0 Å². The van der Waals surface area contributed by atoms with Crippen molar-refractivity contribution in [3.05, 3.63) is 59.2 Å². The molecule has 0 spiro atoms. The Bertz CT molecular complexity index is 627. The molecule has 2 N–H and O–H groups in total. The molecule has 0 aliphatic carbocycles. The maximum absolute atomic E-state index is 12.4. The molecule has 4 nitrogen and oxygen atoms in total. The average Bonchev–Trinajstić information content (AvgIpc) is 2.41. The Morgan fingerprint density at radius 1 is 1.05 bits per heavy atom. The molecule has 5 heteroatoms. The number of carbonyl (C=O) groups is 1. The standard InChI is InChI=1S/C16H17NO3.ClH/c1-17(2)10-12-8-13(15(19)9-14(12)18)16(20)11-6-4-3-5-7-11;/h3-9,18-19H,10H2,1-2H3;1H. The largest absolute Gasteiger partial charge is 0.507 e. The molecule has 0 saturated heterocycles. The van der Waals surface area contributed by atoms with Gasteiger partial charge in [0.15, 0.2) is 5.78 Å². The zero-order valence-electron chi connectivity index (χ0n) is 11.9. The number of phenols is 2. The first-order valence-corrected chi connectivity index (χ1v) is 6.28. The Hall–Kier alpha value is -2.04. The van der Waals surface area contributed by atoms with Gasteiger partial charge < -0.3 is 15.1 Å². The van der Waals surface area contributed by atoms with Crippen molar-refractivity contribution in [2.45, 2.75) is 6.54 Å². The van der Waals surface area contributed by atoms with E-state index in [-0.39, 0.29) is 35.3 Å². The van der Waals surface area contributed by atoms with Gasteiger partial charge in [-0.25, -0.2) is 0 Å². The number of nitrogens with zero attached hydrogens (tertiary/aromatic N) is 1. The number of phenolic OH excluding ortho intramolecular Hbond substituents is 2. The van der Waals surface area contributed by atoms with Crippen molar-refractivity contribution in [3.63, 3.8) is 0 Å². The number of hydrogen-bond acceptors (Lipinski definition) is 4. The zero-order chi connectivity index (χ0) is 14.7. The molecule has 0 heterocycles. The van der Waals surface area contributed by atoms with E-state index in [1.54, 1.807) is 30.3 Å². The fourth-order valence-corrected chi connectivity index (χ4v) is 2.02. The monoisotopic (exact) mass is 307 g/mol. The van der Waals surface area contributed by atoms with E-state index < -0.39 is 0 Å². The van der Waals surface area contributed by atoms with Crippen LogP contribution in [0.5, 0.6) is 11.5 Å². The van der Waals surface area contributed by atoms with E-state index in [9.17, 15) is 15.0 Å². The van der Waals surface area contributed by atoms with Crippen LogP contribution in [0.15, 0.2) is 42.5 Å². The Balaban J connectivity index is 0.00000220. The van der Waals surface area contributed by atoms with E-state index in [1.165, 1.54) is 6.07 Å². The number of rotatable bonds is 4. The number of benzene rings is 2. The van der Waals surface area contributed by atoms with Crippen LogP contribution in [0.2, 0.25) is 0 Å². The van der Waals surface area contributed by atoms with E-state index in [0.29, 0.717) is 17.7 Å². The summed E-state index contributed by atoms with van der Waals surface area (Å²) in [5.74, 6) is -0.484.